The van der Waals surface area contributed by atoms with Crippen LogP contribution in [0.1, 0.15) is 17.5 Å². The number of thiophene rings is 1. The molecular weight excluding hydrogens is 352 g/mol. The molecule has 0 unspecified atom stereocenters. The summed E-state index contributed by atoms with van der Waals surface area (Å²) in [6.07, 6.45) is 0.691. The van der Waals surface area contributed by atoms with E-state index in [1.165, 1.54) is 0 Å². The normalized spacial score (nSPS) is 19.5. The molecule has 1 atom stereocenters. The van der Waals surface area contributed by atoms with Gasteiger partial charge in [-0.2, -0.15) is 0 Å². The fraction of sp³-hybridized carbons (Fsp3) is 0.316. The van der Waals surface area contributed by atoms with Crippen molar-refractivity contribution in [2.24, 2.45) is 0 Å². The number of hydrogen-bond acceptors (Lipinski definition) is 5. The highest BCUT2D eigenvalue weighted by Crippen LogP contribution is 2.30. The summed E-state index contributed by atoms with van der Waals surface area (Å²) in [6, 6.07) is 12.5. The number of rotatable bonds is 4. The van der Waals surface area contributed by atoms with E-state index in [-0.39, 0.29) is 17.5 Å². The van der Waals surface area contributed by atoms with E-state index >= 15 is 0 Å². The second kappa shape index (κ2) is 6.52. The third kappa shape index (κ3) is 3.47. The molecule has 1 N–H and O–H groups in total. The van der Waals surface area contributed by atoms with Gasteiger partial charge < -0.3 is 5.32 Å². The highest BCUT2D eigenvalue weighted by molar-refractivity contribution is 7.91. The second-order valence-electron chi connectivity index (χ2n) is 6.60. The first-order valence-electron chi connectivity index (χ1n) is 8.39. The van der Waals surface area contributed by atoms with Crippen LogP contribution in [0.4, 0.5) is 0 Å². The van der Waals surface area contributed by atoms with Gasteiger partial charge in [0.2, 0.25) is 0 Å². The van der Waals surface area contributed by atoms with Gasteiger partial charge in [0.1, 0.15) is 0 Å². The number of nitrogens with one attached hydrogen (secondary N) is 1. The van der Waals surface area contributed by atoms with Gasteiger partial charge in [0.15, 0.2) is 9.84 Å². The van der Waals surface area contributed by atoms with E-state index in [0.717, 1.165) is 32.6 Å². The van der Waals surface area contributed by atoms with Crippen LogP contribution in [0.15, 0.2) is 41.8 Å². The number of aromatic nitrogens is 1. The van der Waals surface area contributed by atoms with Gasteiger partial charge in [-0.25, -0.2) is 13.4 Å². The number of pyridine rings is 1. The molecule has 0 aliphatic carbocycles. The number of para-hydroxylation sites is 1. The van der Waals surface area contributed by atoms with Gasteiger partial charge in [-0.1, -0.05) is 24.3 Å². The molecule has 2 aromatic heterocycles. The largest absolute Gasteiger partial charge is 0.309 e. The highest BCUT2D eigenvalue weighted by Gasteiger charge is 2.27. The maximum absolute atomic E-state index is 11.7. The first kappa shape index (κ1) is 16.7. The molecule has 3 aromatic rings. The van der Waals surface area contributed by atoms with Gasteiger partial charge in [-0.3, -0.25) is 0 Å². The zero-order valence-electron chi connectivity index (χ0n) is 14.0. The summed E-state index contributed by atoms with van der Waals surface area (Å²) in [6.45, 7) is 2.71. The van der Waals surface area contributed by atoms with Crippen LogP contribution in [-0.4, -0.2) is 30.9 Å². The lowest BCUT2D eigenvalue weighted by Crippen LogP contribution is -2.29. The lowest BCUT2D eigenvalue weighted by atomic mass is 10.0. The zero-order chi connectivity index (χ0) is 17.4. The van der Waals surface area contributed by atoms with Crippen LogP contribution < -0.4 is 5.32 Å². The number of aryl methyl sites for hydroxylation is 1. The van der Waals surface area contributed by atoms with Gasteiger partial charge in [0, 0.05) is 18.0 Å². The van der Waals surface area contributed by atoms with Crippen molar-refractivity contribution in [2.75, 3.05) is 11.5 Å². The number of nitrogens with zero attached hydrogens (tertiary/aromatic N) is 1. The van der Waals surface area contributed by atoms with E-state index in [0.29, 0.717) is 13.0 Å². The molecule has 0 bridgehead atoms. The van der Waals surface area contributed by atoms with Gasteiger partial charge in [0.25, 0.3) is 0 Å². The standard InChI is InChI=1S/C19H20N2O2S2/c1-13-4-2-5-14-10-15(11-20-16-7-9-25(22,23)12-16)19(21-18(13)14)17-6-3-8-24-17/h2-6,8,10,16,20H,7,9,11-12H2,1H3/t16-/m0/s1. The molecule has 1 aliphatic rings. The van der Waals surface area contributed by atoms with Crippen molar-refractivity contribution in [2.45, 2.75) is 25.9 Å². The van der Waals surface area contributed by atoms with Crippen LogP contribution in [0.3, 0.4) is 0 Å². The highest BCUT2D eigenvalue weighted by atomic mass is 32.2. The lowest BCUT2D eigenvalue weighted by Gasteiger charge is -2.14. The van der Waals surface area contributed by atoms with Crippen LogP contribution in [-0.2, 0) is 16.4 Å². The van der Waals surface area contributed by atoms with Crippen LogP contribution in [0.2, 0.25) is 0 Å². The summed E-state index contributed by atoms with van der Waals surface area (Å²) in [5.41, 5.74) is 4.30. The van der Waals surface area contributed by atoms with Crippen molar-refractivity contribution >= 4 is 32.1 Å². The fourth-order valence-corrected chi connectivity index (χ4v) is 5.82. The first-order valence-corrected chi connectivity index (χ1v) is 11.1. The van der Waals surface area contributed by atoms with E-state index in [1.807, 2.05) is 12.1 Å². The molecule has 1 saturated heterocycles. The Labute approximate surface area is 151 Å². The summed E-state index contributed by atoms with van der Waals surface area (Å²) >= 11 is 1.68. The summed E-state index contributed by atoms with van der Waals surface area (Å²) in [7, 11) is -2.87. The zero-order valence-corrected chi connectivity index (χ0v) is 15.7. The van der Waals surface area contributed by atoms with Crippen LogP contribution >= 0.6 is 11.3 Å². The Hall–Kier alpha value is -1.76. The monoisotopic (exact) mass is 372 g/mol. The third-order valence-electron chi connectivity index (χ3n) is 4.69. The fourth-order valence-electron chi connectivity index (χ4n) is 3.36. The van der Waals surface area contributed by atoms with Crippen molar-refractivity contribution in [3.05, 3.63) is 52.9 Å². The minimum Gasteiger partial charge on any atom is -0.309 e. The van der Waals surface area contributed by atoms with Crippen LogP contribution in [0.5, 0.6) is 0 Å². The Bertz CT molecular complexity index is 1010. The molecule has 0 spiro atoms. The summed E-state index contributed by atoms with van der Waals surface area (Å²) < 4.78 is 23.3. The van der Waals surface area contributed by atoms with Crippen molar-refractivity contribution in [1.82, 2.24) is 10.3 Å². The predicted molar refractivity (Wildman–Crippen MR) is 104 cm³/mol. The average molecular weight is 373 g/mol. The van der Waals surface area contributed by atoms with Crippen molar-refractivity contribution < 1.29 is 8.42 Å². The molecule has 130 valence electrons. The van der Waals surface area contributed by atoms with Gasteiger partial charge in [-0.15, -0.1) is 11.3 Å². The number of benzene rings is 1. The Morgan fingerprint density at radius 3 is 2.88 bits per heavy atom. The first-order chi connectivity index (χ1) is 12.0. The number of fused-ring (bicyclic) bond motifs is 1. The molecule has 0 saturated carbocycles. The topological polar surface area (TPSA) is 59.1 Å². The van der Waals surface area contributed by atoms with E-state index in [2.05, 4.69) is 41.9 Å². The van der Waals surface area contributed by atoms with E-state index in [4.69, 9.17) is 4.98 Å². The molecule has 0 amide bonds. The quantitative estimate of drug-likeness (QED) is 0.761. The van der Waals surface area contributed by atoms with E-state index < -0.39 is 9.84 Å². The predicted octanol–water partition coefficient (Wildman–Crippen LogP) is 3.55. The second-order valence-corrected chi connectivity index (χ2v) is 9.78. The van der Waals surface area contributed by atoms with Crippen LogP contribution in [0.25, 0.3) is 21.5 Å². The molecule has 1 fully saturated rings. The minimum absolute atomic E-state index is 0.0365. The SMILES string of the molecule is Cc1cccc2cc(CN[C@H]3CCS(=O)(=O)C3)c(-c3cccs3)nc12. The Balaban J connectivity index is 1.70. The Morgan fingerprint density at radius 2 is 2.16 bits per heavy atom. The molecule has 25 heavy (non-hydrogen) atoms. The third-order valence-corrected chi connectivity index (χ3v) is 7.34. The maximum Gasteiger partial charge on any atom is 0.151 e. The molecule has 4 rings (SSSR count). The van der Waals surface area contributed by atoms with Gasteiger partial charge >= 0.3 is 0 Å². The molecule has 1 aromatic carbocycles. The van der Waals surface area contributed by atoms with Gasteiger partial charge in [-0.05, 0) is 42.0 Å². The lowest BCUT2D eigenvalue weighted by molar-refractivity contribution is 0.554. The molecule has 0 radical (unpaired) electrons. The van der Waals surface area contributed by atoms with E-state index in [9.17, 15) is 8.42 Å². The van der Waals surface area contributed by atoms with Crippen molar-refractivity contribution in [1.29, 1.82) is 0 Å². The van der Waals surface area contributed by atoms with Crippen molar-refractivity contribution in [3.63, 3.8) is 0 Å². The smallest absolute Gasteiger partial charge is 0.151 e. The summed E-state index contributed by atoms with van der Waals surface area (Å²) in [5.74, 6) is 0.527. The average Bonchev–Trinajstić information content (AvgIpc) is 3.22. The molecule has 4 nitrogen and oxygen atoms in total. The summed E-state index contributed by atoms with van der Waals surface area (Å²) in [4.78, 5) is 6.08. The number of hydrogen-bond donors (Lipinski definition) is 1. The maximum atomic E-state index is 11.7. The molecular formula is C19H20N2O2S2. The Morgan fingerprint density at radius 1 is 1.28 bits per heavy atom. The van der Waals surface area contributed by atoms with E-state index in [1.54, 1.807) is 11.3 Å². The van der Waals surface area contributed by atoms with Crippen molar-refractivity contribution in [3.8, 4) is 10.6 Å². The minimum atomic E-state index is -2.87. The van der Waals surface area contributed by atoms with Crippen LogP contribution in [0, 0.1) is 6.92 Å². The van der Waals surface area contributed by atoms with Gasteiger partial charge in [0.05, 0.1) is 27.6 Å². The molecule has 6 heteroatoms. The molecule has 3 heterocycles. The summed E-state index contributed by atoms with van der Waals surface area (Å²) in [5, 5.41) is 6.60. The number of sulfone groups is 1. The Kier molecular flexibility index (Phi) is 4.35. The molecule has 1 aliphatic heterocycles.